The number of ether oxygens (including phenoxy) is 1. The molecule has 0 aliphatic heterocycles. The second-order valence-corrected chi connectivity index (χ2v) is 11.1. The van der Waals surface area contributed by atoms with E-state index in [0.29, 0.717) is 0 Å². The van der Waals surface area contributed by atoms with Gasteiger partial charge in [0.15, 0.2) is 0 Å². The van der Waals surface area contributed by atoms with Crippen molar-refractivity contribution < 1.29 is 9.30 Å². The second-order valence-electron chi connectivity index (χ2n) is 8.46. The number of hydrogen-bond acceptors (Lipinski definition) is 1. The number of fused-ring (bicyclic) bond motifs is 6. The number of rotatable bonds is 2. The third-order valence-corrected chi connectivity index (χ3v) is 8.20. The van der Waals surface area contributed by atoms with Crippen molar-refractivity contribution in [2.24, 2.45) is 14.1 Å². The van der Waals surface area contributed by atoms with Crippen LogP contribution in [0.25, 0.3) is 49.6 Å². The number of aromatic nitrogens is 3. The van der Waals surface area contributed by atoms with E-state index >= 15 is 0 Å². The Morgan fingerprint density at radius 3 is 2.44 bits per heavy atom. The van der Waals surface area contributed by atoms with Crippen molar-refractivity contribution in [2.75, 3.05) is 7.11 Å². The van der Waals surface area contributed by atoms with Gasteiger partial charge >= 0.3 is 202 Å². The molecule has 0 radical (unpaired) electrons. The molecule has 0 bridgehead atoms. The molecule has 5 heteroatoms. The average molecular weight is 616 g/mol. The van der Waals surface area contributed by atoms with Gasteiger partial charge in [0.1, 0.15) is 0 Å². The van der Waals surface area contributed by atoms with E-state index in [0.717, 1.165) is 41.8 Å². The summed E-state index contributed by atoms with van der Waals surface area (Å²) >= 11 is 0.810. The zero-order valence-electron chi connectivity index (χ0n) is 18.7. The molecule has 3 aromatic heterocycles. The molecule has 0 aliphatic carbocycles. The van der Waals surface area contributed by atoms with Gasteiger partial charge in [0.05, 0.1) is 0 Å². The minimum atomic E-state index is 0.810. The first-order chi connectivity index (χ1) is 15.5. The molecule has 0 saturated heterocycles. The number of nitrogens with zero attached hydrogens (tertiary/aromatic N) is 3. The van der Waals surface area contributed by atoms with E-state index in [1.54, 1.807) is 7.11 Å². The molecule has 0 aliphatic rings. The minimum absolute atomic E-state index is 0.810. The molecular formula is C27H25BiN3O+. The Bertz CT molecular complexity index is 1710. The van der Waals surface area contributed by atoms with Crippen LogP contribution in [0.4, 0.5) is 0 Å². The molecule has 6 aromatic rings. The number of aryl methyl sites for hydroxylation is 3. The van der Waals surface area contributed by atoms with Gasteiger partial charge in [-0.05, 0) is 0 Å². The van der Waals surface area contributed by atoms with Gasteiger partial charge in [-0.25, -0.2) is 0 Å². The van der Waals surface area contributed by atoms with Crippen LogP contribution in [-0.4, -0.2) is 41.0 Å². The summed E-state index contributed by atoms with van der Waals surface area (Å²) in [5.41, 5.74) is 7.34. The van der Waals surface area contributed by atoms with Gasteiger partial charge in [-0.1, -0.05) is 0 Å². The number of pyridine rings is 1. The molecule has 3 aromatic carbocycles. The van der Waals surface area contributed by atoms with Gasteiger partial charge in [-0.15, -0.1) is 0 Å². The van der Waals surface area contributed by atoms with E-state index in [1.165, 1.54) is 47.0 Å². The number of hydrogen-bond donors (Lipinski definition) is 0. The van der Waals surface area contributed by atoms with Gasteiger partial charge in [0.2, 0.25) is 0 Å². The van der Waals surface area contributed by atoms with E-state index in [-0.39, 0.29) is 0 Å². The van der Waals surface area contributed by atoms with Crippen molar-refractivity contribution in [1.29, 1.82) is 0 Å². The predicted molar refractivity (Wildman–Crippen MR) is 135 cm³/mol. The van der Waals surface area contributed by atoms with Crippen LogP contribution in [0.5, 0.6) is 5.75 Å². The molecule has 32 heavy (non-hydrogen) atoms. The maximum atomic E-state index is 5.71. The summed E-state index contributed by atoms with van der Waals surface area (Å²) in [4.78, 5) is 0. The van der Waals surface area contributed by atoms with Crippen LogP contribution in [-0.2, 0) is 14.1 Å². The Hall–Kier alpha value is -2.91. The Balaban J connectivity index is 1.82. The fourth-order valence-corrected chi connectivity index (χ4v) is 6.29. The topological polar surface area (TPSA) is 23.0 Å². The third-order valence-electron chi connectivity index (χ3n) is 6.80. The summed E-state index contributed by atoms with van der Waals surface area (Å²) in [5, 5.41) is 3.86. The molecule has 0 spiro atoms. The fourth-order valence-electron chi connectivity index (χ4n) is 5.27. The van der Waals surface area contributed by atoms with Crippen LogP contribution in [0.2, 0.25) is 0 Å². The molecule has 0 unspecified atom stereocenters. The van der Waals surface area contributed by atoms with Crippen LogP contribution >= 0.6 is 0 Å². The number of para-hydroxylation sites is 1. The van der Waals surface area contributed by atoms with Gasteiger partial charge in [-0.3, -0.25) is 0 Å². The summed E-state index contributed by atoms with van der Waals surface area (Å²) in [5.74, 6) is 2.07. The molecular weight excluding hydrogens is 591 g/mol. The van der Waals surface area contributed by atoms with Crippen LogP contribution < -0.4 is 12.6 Å². The molecule has 6 rings (SSSR count). The molecule has 3 heterocycles. The summed E-state index contributed by atoms with van der Waals surface area (Å²) in [6, 6.07) is 24.4. The molecule has 158 valence electrons. The number of methoxy groups -OCH3 is 1. The van der Waals surface area contributed by atoms with Crippen LogP contribution in [0.1, 0.15) is 5.56 Å². The van der Waals surface area contributed by atoms with Gasteiger partial charge in [0.25, 0.3) is 0 Å². The van der Waals surface area contributed by atoms with E-state index in [4.69, 9.17) is 4.74 Å². The Kier molecular flexibility index (Phi) is 4.35. The van der Waals surface area contributed by atoms with Crippen LogP contribution in [0, 0.1) is 6.92 Å². The Morgan fingerprint density at radius 2 is 1.62 bits per heavy atom. The van der Waals surface area contributed by atoms with Crippen LogP contribution in [0.3, 0.4) is 0 Å². The zero-order chi connectivity index (χ0) is 22.1. The van der Waals surface area contributed by atoms with Crippen molar-refractivity contribution >= 4 is 71.7 Å². The average Bonchev–Trinajstić information content (AvgIpc) is 3.28. The van der Waals surface area contributed by atoms with E-state index in [1.807, 2.05) is 0 Å². The zero-order valence-corrected chi connectivity index (χ0v) is 23.2. The van der Waals surface area contributed by atoms with E-state index in [2.05, 4.69) is 101 Å². The molecule has 4 nitrogen and oxygen atoms in total. The SMILES string of the molecule is COc1ccc2c3c[c]([BiH2])ccc3n(-c3ccc4c(c5ccccc5n4C)[n+]3C)c2c1C. The van der Waals surface area contributed by atoms with Crippen LogP contribution in [0.15, 0.2) is 66.7 Å². The van der Waals surface area contributed by atoms with Crippen molar-refractivity contribution in [3.63, 3.8) is 0 Å². The first-order valence-electron chi connectivity index (χ1n) is 10.7. The molecule has 0 N–H and O–H groups in total. The van der Waals surface area contributed by atoms with Gasteiger partial charge < -0.3 is 0 Å². The Labute approximate surface area is 201 Å². The van der Waals surface area contributed by atoms with E-state index < -0.39 is 0 Å². The first kappa shape index (κ1) is 19.8. The normalized spacial score (nSPS) is 11.9. The fraction of sp³-hybridized carbons (Fsp3) is 0.148. The van der Waals surface area contributed by atoms with Gasteiger partial charge in [0, 0.05) is 0 Å². The molecule has 0 saturated carbocycles. The van der Waals surface area contributed by atoms with Gasteiger partial charge in [-0.2, -0.15) is 0 Å². The predicted octanol–water partition coefficient (Wildman–Crippen LogP) is 3.83. The first-order valence-corrected chi connectivity index (χ1v) is 13.0. The summed E-state index contributed by atoms with van der Waals surface area (Å²) < 4.78 is 14.2. The monoisotopic (exact) mass is 616 g/mol. The van der Waals surface area contributed by atoms with Crippen molar-refractivity contribution in [2.45, 2.75) is 6.92 Å². The number of benzene rings is 3. The maximum absolute atomic E-state index is 5.71. The third kappa shape index (κ3) is 2.55. The Morgan fingerprint density at radius 1 is 0.844 bits per heavy atom. The summed E-state index contributed by atoms with van der Waals surface area (Å²) in [6.07, 6.45) is 0. The van der Waals surface area contributed by atoms with Crippen molar-refractivity contribution in [3.8, 4) is 11.6 Å². The molecule has 0 amide bonds. The molecule has 0 fully saturated rings. The summed E-state index contributed by atoms with van der Waals surface area (Å²) in [6.45, 7) is 2.16. The second kappa shape index (κ2) is 7.05. The standard InChI is InChI=1S/C27H23N3O.Bi.2H/c1-17-24(31-4)15-13-19-18-9-5-8-12-22(18)30(26(17)19)25-16-14-23-27(29(25)3)20-10-6-7-11-21(20)28(23)2;;;/h6-16H,1-4H3;;;/q+1;;;. The van der Waals surface area contributed by atoms with Crippen molar-refractivity contribution in [3.05, 3.63) is 72.3 Å². The van der Waals surface area contributed by atoms with E-state index in [9.17, 15) is 0 Å². The van der Waals surface area contributed by atoms with Crippen molar-refractivity contribution in [1.82, 2.24) is 9.13 Å². The summed E-state index contributed by atoms with van der Waals surface area (Å²) in [7, 11) is 6.08. The molecule has 0 atom stereocenters. The quantitative estimate of drug-likeness (QED) is 0.215.